The van der Waals surface area contributed by atoms with Crippen molar-refractivity contribution in [3.63, 3.8) is 0 Å². The number of carbonyl (C=O) groups is 1. The zero-order chi connectivity index (χ0) is 18.7. The molecular formula is C20H20ClN3O2. The molecule has 1 amide bonds. The Morgan fingerprint density at radius 3 is 2.54 bits per heavy atom. The first-order valence-corrected chi connectivity index (χ1v) is 8.61. The Balaban J connectivity index is 1.81. The number of aliphatic hydroxyl groups is 1. The fraction of sp³-hybridized carbons (Fsp3) is 0.200. The topological polar surface area (TPSA) is 67.2 Å². The molecule has 3 aromatic rings. The smallest absolute Gasteiger partial charge is 0.255 e. The second-order valence-corrected chi connectivity index (χ2v) is 6.74. The summed E-state index contributed by atoms with van der Waals surface area (Å²) < 4.78 is 1.66. The number of aryl methyl sites for hydroxylation is 1. The van der Waals surface area contributed by atoms with Gasteiger partial charge in [0.2, 0.25) is 0 Å². The first-order valence-electron chi connectivity index (χ1n) is 8.23. The standard InChI is InChI=1S/C20H20ClN3O2/c1-20(26,16-10-6-7-11-17(16)21)13-22-19(25)15-12-23-24(2)18(15)14-8-4-3-5-9-14/h3-12,26H,13H2,1-2H3,(H,22,25)/t20-/m1/s1. The zero-order valence-corrected chi connectivity index (χ0v) is 15.4. The van der Waals surface area contributed by atoms with Crippen molar-refractivity contribution < 1.29 is 9.90 Å². The van der Waals surface area contributed by atoms with Crippen LogP contribution in [0.25, 0.3) is 11.3 Å². The highest BCUT2D eigenvalue weighted by Crippen LogP contribution is 2.28. The van der Waals surface area contributed by atoms with Gasteiger partial charge in [0.25, 0.3) is 5.91 Å². The van der Waals surface area contributed by atoms with E-state index in [2.05, 4.69) is 10.4 Å². The minimum Gasteiger partial charge on any atom is -0.384 e. The van der Waals surface area contributed by atoms with Crippen molar-refractivity contribution >= 4 is 17.5 Å². The molecule has 0 saturated heterocycles. The summed E-state index contributed by atoms with van der Waals surface area (Å²) in [5.74, 6) is -0.302. The first-order chi connectivity index (χ1) is 12.4. The van der Waals surface area contributed by atoms with Gasteiger partial charge in [-0.15, -0.1) is 0 Å². The molecular weight excluding hydrogens is 350 g/mol. The van der Waals surface area contributed by atoms with E-state index in [0.29, 0.717) is 16.1 Å². The fourth-order valence-electron chi connectivity index (χ4n) is 2.88. The zero-order valence-electron chi connectivity index (χ0n) is 14.6. The van der Waals surface area contributed by atoms with E-state index >= 15 is 0 Å². The number of aromatic nitrogens is 2. The molecule has 0 aliphatic carbocycles. The lowest BCUT2D eigenvalue weighted by Crippen LogP contribution is -2.38. The number of carbonyl (C=O) groups excluding carboxylic acids is 1. The third-order valence-electron chi connectivity index (χ3n) is 4.28. The number of rotatable bonds is 5. The van der Waals surface area contributed by atoms with Crippen LogP contribution >= 0.6 is 11.6 Å². The van der Waals surface area contributed by atoms with Gasteiger partial charge in [0.05, 0.1) is 24.0 Å². The molecule has 5 nitrogen and oxygen atoms in total. The quantitative estimate of drug-likeness (QED) is 0.724. The van der Waals surface area contributed by atoms with E-state index < -0.39 is 5.60 Å². The van der Waals surface area contributed by atoms with E-state index in [4.69, 9.17) is 11.6 Å². The van der Waals surface area contributed by atoms with Gasteiger partial charge in [-0.2, -0.15) is 5.10 Å². The average Bonchev–Trinajstić information content (AvgIpc) is 3.02. The van der Waals surface area contributed by atoms with Crippen molar-refractivity contribution in [3.05, 3.63) is 76.9 Å². The molecule has 6 heteroatoms. The monoisotopic (exact) mass is 369 g/mol. The molecule has 2 N–H and O–H groups in total. The van der Waals surface area contributed by atoms with Gasteiger partial charge in [-0.05, 0) is 13.0 Å². The first kappa shape index (κ1) is 18.2. The van der Waals surface area contributed by atoms with Crippen molar-refractivity contribution in [1.29, 1.82) is 0 Å². The van der Waals surface area contributed by atoms with Crippen molar-refractivity contribution in [2.45, 2.75) is 12.5 Å². The Morgan fingerprint density at radius 2 is 1.85 bits per heavy atom. The third-order valence-corrected chi connectivity index (χ3v) is 4.61. The second-order valence-electron chi connectivity index (χ2n) is 6.33. The number of nitrogens with zero attached hydrogens (tertiary/aromatic N) is 2. The minimum atomic E-state index is -1.29. The number of hydrogen-bond donors (Lipinski definition) is 2. The van der Waals surface area contributed by atoms with E-state index in [-0.39, 0.29) is 12.5 Å². The lowest BCUT2D eigenvalue weighted by atomic mass is 9.95. The highest BCUT2D eigenvalue weighted by atomic mass is 35.5. The van der Waals surface area contributed by atoms with Gasteiger partial charge in [0, 0.05) is 23.2 Å². The van der Waals surface area contributed by atoms with Gasteiger partial charge in [0.1, 0.15) is 5.60 Å². The Kier molecular flexibility index (Phi) is 5.11. The number of amides is 1. The summed E-state index contributed by atoms with van der Waals surface area (Å²) in [6, 6.07) is 16.6. The van der Waals surface area contributed by atoms with Gasteiger partial charge in [0.15, 0.2) is 0 Å². The van der Waals surface area contributed by atoms with Crippen LogP contribution in [-0.4, -0.2) is 27.3 Å². The van der Waals surface area contributed by atoms with Gasteiger partial charge in [-0.1, -0.05) is 60.1 Å². The normalized spacial score (nSPS) is 13.2. The van der Waals surface area contributed by atoms with E-state index in [1.54, 1.807) is 42.9 Å². The van der Waals surface area contributed by atoms with Gasteiger partial charge in [-0.25, -0.2) is 0 Å². The summed E-state index contributed by atoms with van der Waals surface area (Å²) in [5.41, 5.74) is 1.35. The van der Waals surface area contributed by atoms with E-state index in [1.807, 2.05) is 30.3 Å². The highest BCUT2D eigenvalue weighted by Gasteiger charge is 2.27. The third kappa shape index (κ3) is 3.64. The molecule has 0 saturated carbocycles. The van der Waals surface area contributed by atoms with Crippen LogP contribution in [0.2, 0.25) is 5.02 Å². The second kappa shape index (κ2) is 7.32. The van der Waals surface area contributed by atoms with E-state index in [0.717, 1.165) is 11.3 Å². The predicted octanol–water partition coefficient (Wildman–Crippen LogP) is 3.38. The Hall–Kier alpha value is -2.63. The van der Waals surface area contributed by atoms with E-state index in [9.17, 15) is 9.90 Å². The van der Waals surface area contributed by atoms with E-state index in [1.165, 1.54) is 6.20 Å². The maximum atomic E-state index is 12.7. The Labute approximate surface area is 157 Å². The lowest BCUT2D eigenvalue weighted by Gasteiger charge is -2.25. The molecule has 1 aromatic heterocycles. The highest BCUT2D eigenvalue weighted by molar-refractivity contribution is 6.31. The van der Waals surface area contributed by atoms with Crippen LogP contribution in [0.1, 0.15) is 22.8 Å². The summed E-state index contributed by atoms with van der Waals surface area (Å²) in [7, 11) is 1.79. The van der Waals surface area contributed by atoms with Crippen molar-refractivity contribution in [2.24, 2.45) is 7.05 Å². The minimum absolute atomic E-state index is 0.0265. The van der Waals surface area contributed by atoms with Gasteiger partial charge in [-0.3, -0.25) is 9.48 Å². The van der Waals surface area contributed by atoms with Gasteiger partial charge >= 0.3 is 0 Å². The molecule has 1 heterocycles. The molecule has 0 spiro atoms. The summed E-state index contributed by atoms with van der Waals surface area (Å²) in [5, 5.41) is 18.2. The van der Waals surface area contributed by atoms with Crippen LogP contribution in [-0.2, 0) is 12.6 Å². The summed E-state index contributed by atoms with van der Waals surface area (Å²) in [4.78, 5) is 12.7. The number of benzene rings is 2. The SMILES string of the molecule is Cn1ncc(C(=O)NC[C@@](C)(O)c2ccccc2Cl)c1-c1ccccc1. The van der Waals surface area contributed by atoms with Crippen LogP contribution in [0.3, 0.4) is 0 Å². The van der Waals surface area contributed by atoms with Crippen LogP contribution in [0.4, 0.5) is 0 Å². The summed E-state index contributed by atoms with van der Waals surface area (Å²) in [6.45, 7) is 1.65. The fourth-order valence-corrected chi connectivity index (χ4v) is 3.22. The Bertz CT molecular complexity index is 920. The van der Waals surface area contributed by atoms with Gasteiger partial charge < -0.3 is 10.4 Å². The predicted molar refractivity (Wildman–Crippen MR) is 102 cm³/mol. The maximum absolute atomic E-state index is 12.7. The number of hydrogen-bond acceptors (Lipinski definition) is 3. The molecule has 0 unspecified atom stereocenters. The van der Waals surface area contributed by atoms with Crippen LogP contribution in [0.15, 0.2) is 60.8 Å². The molecule has 1 atom stereocenters. The van der Waals surface area contributed by atoms with Crippen molar-refractivity contribution in [3.8, 4) is 11.3 Å². The number of nitrogens with one attached hydrogen (secondary N) is 1. The molecule has 0 aliphatic heterocycles. The maximum Gasteiger partial charge on any atom is 0.255 e. The molecule has 0 fully saturated rings. The van der Waals surface area contributed by atoms with Crippen LogP contribution in [0, 0.1) is 0 Å². The molecule has 3 rings (SSSR count). The largest absolute Gasteiger partial charge is 0.384 e. The van der Waals surface area contributed by atoms with Crippen molar-refractivity contribution in [1.82, 2.24) is 15.1 Å². The molecule has 0 radical (unpaired) electrons. The average molecular weight is 370 g/mol. The molecule has 26 heavy (non-hydrogen) atoms. The molecule has 134 valence electrons. The molecule has 0 bridgehead atoms. The Morgan fingerprint density at radius 1 is 1.19 bits per heavy atom. The lowest BCUT2D eigenvalue weighted by molar-refractivity contribution is 0.0527. The van der Waals surface area contributed by atoms with Crippen molar-refractivity contribution in [2.75, 3.05) is 6.54 Å². The van der Waals surface area contributed by atoms with Crippen LogP contribution < -0.4 is 5.32 Å². The number of halogens is 1. The molecule has 2 aromatic carbocycles. The summed E-state index contributed by atoms with van der Waals surface area (Å²) >= 11 is 6.16. The van der Waals surface area contributed by atoms with Crippen LogP contribution in [0.5, 0.6) is 0 Å². The molecule has 0 aliphatic rings. The summed E-state index contributed by atoms with van der Waals surface area (Å²) in [6.07, 6.45) is 1.53.